The summed E-state index contributed by atoms with van der Waals surface area (Å²) in [6, 6.07) is 3.34. The first kappa shape index (κ1) is 16.1. The van der Waals surface area contributed by atoms with Gasteiger partial charge in [-0.3, -0.25) is 0 Å². The second kappa shape index (κ2) is 6.44. The Balaban J connectivity index is 2.73. The molecule has 0 saturated carbocycles. The SMILES string of the molecule is CC(NCCS(C)(=O)=O)c1ccc(Cl)c(Cl)c1Cl. The van der Waals surface area contributed by atoms with Crippen molar-refractivity contribution in [3.8, 4) is 0 Å². The van der Waals surface area contributed by atoms with Gasteiger partial charge in [-0.1, -0.05) is 40.9 Å². The molecule has 0 amide bonds. The normalized spacial score (nSPS) is 13.6. The number of nitrogens with one attached hydrogen (secondary N) is 1. The largest absolute Gasteiger partial charge is 0.309 e. The minimum atomic E-state index is -2.97. The van der Waals surface area contributed by atoms with Crippen LogP contribution in [0.4, 0.5) is 0 Å². The molecule has 0 aliphatic rings. The summed E-state index contributed by atoms with van der Waals surface area (Å²) in [7, 11) is -2.97. The summed E-state index contributed by atoms with van der Waals surface area (Å²) in [6.07, 6.45) is 1.20. The van der Waals surface area contributed by atoms with Gasteiger partial charge in [0.15, 0.2) is 0 Å². The molecule has 0 saturated heterocycles. The van der Waals surface area contributed by atoms with Crippen LogP contribution in [0.3, 0.4) is 0 Å². The Morgan fingerprint density at radius 1 is 1.22 bits per heavy atom. The van der Waals surface area contributed by atoms with E-state index in [1.165, 1.54) is 6.26 Å². The van der Waals surface area contributed by atoms with Crippen molar-refractivity contribution in [1.82, 2.24) is 5.32 Å². The predicted molar refractivity (Wildman–Crippen MR) is 77.6 cm³/mol. The Kier molecular flexibility index (Phi) is 5.74. The van der Waals surface area contributed by atoms with Crippen LogP contribution in [0.2, 0.25) is 15.1 Å². The molecular formula is C11H14Cl3NO2S. The van der Waals surface area contributed by atoms with Crippen LogP contribution in [0.5, 0.6) is 0 Å². The van der Waals surface area contributed by atoms with Crippen molar-refractivity contribution in [2.45, 2.75) is 13.0 Å². The van der Waals surface area contributed by atoms with Crippen LogP contribution in [0.15, 0.2) is 12.1 Å². The van der Waals surface area contributed by atoms with E-state index in [9.17, 15) is 8.42 Å². The fourth-order valence-electron chi connectivity index (χ4n) is 1.45. The third kappa shape index (κ3) is 4.59. The van der Waals surface area contributed by atoms with Crippen LogP contribution in [-0.2, 0) is 9.84 Å². The van der Waals surface area contributed by atoms with Crippen LogP contribution in [0.25, 0.3) is 0 Å². The van der Waals surface area contributed by atoms with Gasteiger partial charge in [0.2, 0.25) is 0 Å². The van der Waals surface area contributed by atoms with Crippen molar-refractivity contribution in [3.63, 3.8) is 0 Å². The van der Waals surface area contributed by atoms with Gasteiger partial charge >= 0.3 is 0 Å². The fourth-order valence-corrected chi connectivity index (χ4v) is 2.64. The zero-order chi connectivity index (χ0) is 13.9. The summed E-state index contributed by atoms with van der Waals surface area (Å²) >= 11 is 17.9. The Bertz CT molecular complexity index is 531. The Morgan fingerprint density at radius 3 is 2.39 bits per heavy atom. The first-order chi connectivity index (χ1) is 8.22. The molecular weight excluding hydrogens is 317 g/mol. The molecule has 1 aromatic carbocycles. The highest BCUT2D eigenvalue weighted by Gasteiger charge is 2.14. The molecule has 1 aromatic rings. The monoisotopic (exact) mass is 329 g/mol. The first-order valence-electron chi connectivity index (χ1n) is 5.27. The summed E-state index contributed by atoms with van der Waals surface area (Å²) in [5.74, 6) is 0.0796. The van der Waals surface area contributed by atoms with Gasteiger partial charge < -0.3 is 5.32 Å². The molecule has 0 heterocycles. The topological polar surface area (TPSA) is 46.2 Å². The molecule has 0 aromatic heterocycles. The van der Waals surface area contributed by atoms with Gasteiger partial charge in [-0.25, -0.2) is 8.42 Å². The van der Waals surface area contributed by atoms with E-state index in [2.05, 4.69) is 5.32 Å². The minimum Gasteiger partial charge on any atom is -0.309 e. The number of rotatable bonds is 5. The van der Waals surface area contributed by atoms with E-state index in [4.69, 9.17) is 34.8 Å². The average Bonchev–Trinajstić information content (AvgIpc) is 2.24. The minimum absolute atomic E-state index is 0.0796. The van der Waals surface area contributed by atoms with Gasteiger partial charge in [-0.15, -0.1) is 0 Å². The molecule has 1 atom stereocenters. The zero-order valence-corrected chi connectivity index (χ0v) is 13.1. The number of hydrogen-bond acceptors (Lipinski definition) is 3. The summed E-state index contributed by atoms with van der Waals surface area (Å²) in [4.78, 5) is 0. The Hall–Kier alpha value is -0.000000000000000167. The lowest BCUT2D eigenvalue weighted by molar-refractivity contribution is 0.576. The van der Waals surface area contributed by atoms with E-state index in [0.717, 1.165) is 5.56 Å². The quantitative estimate of drug-likeness (QED) is 0.842. The van der Waals surface area contributed by atoms with E-state index >= 15 is 0 Å². The third-order valence-corrected chi connectivity index (χ3v) is 4.71. The molecule has 0 radical (unpaired) electrons. The summed E-state index contributed by atoms with van der Waals surface area (Å²) in [6.45, 7) is 2.24. The smallest absolute Gasteiger partial charge is 0.148 e. The Labute approximate surface area is 122 Å². The fraction of sp³-hybridized carbons (Fsp3) is 0.455. The van der Waals surface area contributed by atoms with Crippen molar-refractivity contribution < 1.29 is 8.42 Å². The average molecular weight is 331 g/mol. The molecule has 0 fully saturated rings. The molecule has 1 unspecified atom stereocenters. The first-order valence-corrected chi connectivity index (χ1v) is 8.46. The molecule has 102 valence electrons. The molecule has 1 N–H and O–H groups in total. The van der Waals surface area contributed by atoms with Crippen molar-refractivity contribution in [1.29, 1.82) is 0 Å². The highest BCUT2D eigenvalue weighted by molar-refractivity contribution is 7.90. The lowest BCUT2D eigenvalue weighted by atomic mass is 10.1. The second-order valence-electron chi connectivity index (χ2n) is 4.07. The van der Waals surface area contributed by atoms with Gasteiger partial charge in [0, 0.05) is 18.8 Å². The summed E-state index contributed by atoms with van der Waals surface area (Å²) in [5.41, 5.74) is 0.791. The standard InChI is InChI=1S/C11H14Cl3NO2S/c1-7(15-5-6-18(2,16)17)8-3-4-9(12)11(14)10(8)13/h3-4,7,15H,5-6H2,1-2H3. The Morgan fingerprint density at radius 2 is 1.83 bits per heavy atom. The number of benzene rings is 1. The van der Waals surface area contributed by atoms with E-state index in [1.54, 1.807) is 12.1 Å². The highest BCUT2D eigenvalue weighted by Crippen LogP contribution is 2.35. The van der Waals surface area contributed by atoms with Crippen LogP contribution >= 0.6 is 34.8 Å². The number of halogens is 3. The van der Waals surface area contributed by atoms with Crippen molar-refractivity contribution >= 4 is 44.6 Å². The van der Waals surface area contributed by atoms with Crippen LogP contribution in [-0.4, -0.2) is 27.0 Å². The third-order valence-electron chi connectivity index (χ3n) is 2.45. The molecule has 0 aliphatic heterocycles. The van der Waals surface area contributed by atoms with Crippen LogP contribution < -0.4 is 5.32 Å². The van der Waals surface area contributed by atoms with E-state index in [1.807, 2.05) is 6.92 Å². The number of sulfone groups is 1. The van der Waals surface area contributed by atoms with Crippen LogP contribution in [0, 0.1) is 0 Å². The second-order valence-corrected chi connectivity index (χ2v) is 7.49. The molecule has 7 heteroatoms. The van der Waals surface area contributed by atoms with Gasteiger partial charge in [0.05, 0.1) is 20.8 Å². The maximum absolute atomic E-state index is 11.0. The van der Waals surface area contributed by atoms with Gasteiger partial charge in [0.1, 0.15) is 9.84 Å². The molecule has 18 heavy (non-hydrogen) atoms. The molecule has 0 bridgehead atoms. The highest BCUT2D eigenvalue weighted by atomic mass is 35.5. The molecule has 3 nitrogen and oxygen atoms in total. The molecule has 0 spiro atoms. The van der Waals surface area contributed by atoms with Crippen molar-refractivity contribution in [2.24, 2.45) is 0 Å². The maximum Gasteiger partial charge on any atom is 0.148 e. The number of hydrogen-bond donors (Lipinski definition) is 1. The zero-order valence-electron chi connectivity index (χ0n) is 10.0. The van der Waals surface area contributed by atoms with E-state index in [0.29, 0.717) is 21.6 Å². The lowest BCUT2D eigenvalue weighted by Gasteiger charge is -2.16. The van der Waals surface area contributed by atoms with E-state index in [-0.39, 0.29) is 11.8 Å². The van der Waals surface area contributed by atoms with Gasteiger partial charge in [-0.05, 0) is 18.6 Å². The van der Waals surface area contributed by atoms with Crippen LogP contribution in [0.1, 0.15) is 18.5 Å². The van der Waals surface area contributed by atoms with E-state index < -0.39 is 9.84 Å². The summed E-state index contributed by atoms with van der Waals surface area (Å²) in [5, 5.41) is 4.18. The predicted octanol–water partition coefficient (Wildman–Crippen LogP) is 3.34. The van der Waals surface area contributed by atoms with Gasteiger partial charge in [-0.2, -0.15) is 0 Å². The molecule has 0 aliphatic carbocycles. The molecule has 1 rings (SSSR count). The summed E-state index contributed by atoms with van der Waals surface area (Å²) < 4.78 is 22.0. The lowest BCUT2D eigenvalue weighted by Crippen LogP contribution is -2.25. The van der Waals surface area contributed by atoms with Crippen molar-refractivity contribution in [3.05, 3.63) is 32.8 Å². The van der Waals surface area contributed by atoms with Crippen molar-refractivity contribution in [2.75, 3.05) is 18.6 Å². The maximum atomic E-state index is 11.0. The van der Waals surface area contributed by atoms with Gasteiger partial charge in [0.25, 0.3) is 0 Å².